The summed E-state index contributed by atoms with van der Waals surface area (Å²) >= 11 is 0. The zero-order chi connectivity index (χ0) is 13.1. The van der Waals surface area contributed by atoms with Gasteiger partial charge in [0.05, 0.1) is 0 Å². The van der Waals surface area contributed by atoms with Gasteiger partial charge < -0.3 is 10.2 Å². The highest BCUT2D eigenvalue weighted by atomic mass is 15.2. The van der Waals surface area contributed by atoms with Gasteiger partial charge in [-0.3, -0.25) is 0 Å². The summed E-state index contributed by atoms with van der Waals surface area (Å²) in [5.41, 5.74) is 0.447. The Labute approximate surface area is 113 Å². The Morgan fingerprint density at radius 3 is 2.95 bits per heavy atom. The topological polar surface area (TPSA) is 64.8 Å². The van der Waals surface area contributed by atoms with Gasteiger partial charge in [0.2, 0.25) is 0 Å². The smallest absolute Gasteiger partial charge is 0.183 e. The molecule has 3 rings (SSSR count). The standard InChI is InChI=1S/C14H19N5/c15-9-13-14(18-7-6-17-13)19-8-2-3-11(10-19)12-4-1-5-16-12/h6-7,11-12,16H,1-5,8,10H2. The SMILES string of the molecule is N#Cc1nccnc1N1CCCC(C2CCCN2)C1. The normalized spacial score (nSPS) is 27.2. The summed E-state index contributed by atoms with van der Waals surface area (Å²) in [6.07, 6.45) is 8.27. The molecule has 19 heavy (non-hydrogen) atoms. The van der Waals surface area contributed by atoms with Crippen LogP contribution in [-0.4, -0.2) is 35.6 Å². The van der Waals surface area contributed by atoms with Gasteiger partial charge in [-0.1, -0.05) is 0 Å². The summed E-state index contributed by atoms with van der Waals surface area (Å²) in [7, 11) is 0. The van der Waals surface area contributed by atoms with E-state index in [2.05, 4.69) is 26.3 Å². The number of nitriles is 1. The van der Waals surface area contributed by atoms with Crippen molar-refractivity contribution in [3.63, 3.8) is 0 Å². The molecule has 1 N–H and O–H groups in total. The maximum absolute atomic E-state index is 9.13. The van der Waals surface area contributed by atoms with Crippen molar-refractivity contribution in [3.05, 3.63) is 18.1 Å². The van der Waals surface area contributed by atoms with Crippen molar-refractivity contribution in [1.29, 1.82) is 5.26 Å². The van der Waals surface area contributed by atoms with Crippen LogP contribution in [0.5, 0.6) is 0 Å². The zero-order valence-electron chi connectivity index (χ0n) is 11.0. The Bertz CT molecular complexity index is 475. The van der Waals surface area contributed by atoms with Crippen molar-refractivity contribution < 1.29 is 0 Å². The largest absolute Gasteiger partial charge is 0.354 e. The van der Waals surface area contributed by atoms with Gasteiger partial charge in [-0.2, -0.15) is 5.26 Å². The Morgan fingerprint density at radius 1 is 1.26 bits per heavy atom. The first-order valence-corrected chi connectivity index (χ1v) is 7.08. The van der Waals surface area contributed by atoms with Gasteiger partial charge in [-0.05, 0) is 38.1 Å². The maximum atomic E-state index is 9.13. The minimum atomic E-state index is 0.447. The van der Waals surface area contributed by atoms with Crippen molar-refractivity contribution in [2.75, 3.05) is 24.5 Å². The molecule has 2 aliphatic rings. The minimum Gasteiger partial charge on any atom is -0.354 e. The molecule has 0 aromatic carbocycles. The molecule has 2 fully saturated rings. The third-order valence-electron chi connectivity index (χ3n) is 4.21. The predicted molar refractivity (Wildman–Crippen MR) is 72.7 cm³/mol. The molecule has 0 amide bonds. The Balaban J connectivity index is 1.76. The van der Waals surface area contributed by atoms with E-state index in [1.165, 1.54) is 25.7 Å². The second-order valence-corrected chi connectivity index (χ2v) is 5.39. The summed E-state index contributed by atoms with van der Waals surface area (Å²) in [5.74, 6) is 1.43. The number of anilines is 1. The van der Waals surface area contributed by atoms with E-state index in [1.807, 2.05) is 0 Å². The van der Waals surface area contributed by atoms with Gasteiger partial charge in [-0.15, -0.1) is 0 Å². The molecule has 0 bridgehead atoms. The van der Waals surface area contributed by atoms with Crippen LogP contribution in [0, 0.1) is 17.2 Å². The highest BCUT2D eigenvalue weighted by Crippen LogP contribution is 2.27. The Morgan fingerprint density at radius 2 is 2.16 bits per heavy atom. The van der Waals surface area contributed by atoms with E-state index in [0.29, 0.717) is 17.7 Å². The lowest BCUT2D eigenvalue weighted by Gasteiger charge is -2.36. The molecular weight excluding hydrogens is 238 g/mol. The van der Waals surface area contributed by atoms with Crippen molar-refractivity contribution in [1.82, 2.24) is 15.3 Å². The van der Waals surface area contributed by atoms with Gasteiger partial charge in [0.15, 0.2) is 11.5 Å². The number of hydrogen-bond acceptors (Lipinski definition) is 5. The number of aromatic nitrogens is 2. The van der Waals surface area contributed by atoms with Gasteiger partial charge >= 0.3 is 0 Å². The lowest BCUT2D eigenvalue weighted by Crippen LogP contribution is -2.44. The van der Waals surface area contributed by atoms with Gasteiger partial charge in [-0.25, -0.2) is 9.97 Å². The Kier molecular flexibility index (Phi) is 3.60. The second kappa shape index (κ2) is 5.54. The molecule has 2 aliphatic heterocycles. The molecule has 5 heteroatoms. The fourth-order valence-electron chi connectivity index (χ4n) is 3.29. The zero-order valence-corrected chi connectivity index (χ0v) is 11.0. The van der Waals surface area contributed by atoms with Crippen molar-refractivity contribution in [3.8, 4) is 6.07 Å². The summed E-state index contributed by atoms with van der Waals surface area (Å²) in [4.78, 5) is 10.7. The van der Waals surface area contributed by atoms with E-state index in [9.17, 15) is 0 Å². The van der Waals surface area contributed by atoms with E-state index in [-0.39, 0.29) is 0 Å². The minimum absolute atomic E-state index is 0.447. The lowest BCUT2D eigenvalue weighted by molar-refractivity contribution is 0.327. The van der Waals surface area contributed by atoms with E-state index in [4.69, 9.17) is 5.26 Å². The van der Waals surface area contributed by atoms with E-state index in [0.717, 1.165) is 25.5 Å². The predicted octanol–water partition coefficient (Wildman–Crippen LogP) is 1.32. The van der Waals surface area contributed by atoms with Crippen LogP contribution in [0.15, 0.2) is 12.4 Å². The highest BCUT2D eigenvalue weighted by Gasteiger charge is 2.30. The third-order valence-corrected chi connectivity index (χ3v) is 4.21. The molecular formula is C14H19N5. The molecule has 2 atom stereocenters. The van der Waals surface area contributed by atoms with E-state index < -0.39 is 0 Å². The molecule has 0 spiro atoms. The molecule has 2 unspecified atom stereocenters. The lowest BCUT2D eigenvalue weighted by atomic mass is 9.90. The molecule has 100 valence electrons. The quantitative estimate of drug-likeness (QED) is 0.865. The van der Waals surface area contributed by atoms with Crippen LogP contribution >= 0.6 is 0 Å². The molecule has 5 nitrogen and oxygen atoms in total. The molecule has 1 aromatic rings. The molecule has 0 saturated carbocycles. The van der Waals surface area contributed by atoms with E-state index >= 15 is 0 Å². The monoisotopic (exact) mass is 257 g/mol. The first kappa shape index (κ1) is 12.4. The fraction of sp³-hybridized carbons (Fsp3) is 0.643. The molecule has 0 aliphatic carbocycles. The summed E-state index contributed by atoms with van der Waals surface area (Å²) in [6.45, 7) is 3.12. The first-order chi connectivity index (χ1) is 9.38. The van der Waals surface area contributed by atoms with Crippen molar-refractivity contribution in [2.45, 2.75) is 31.7 Å². The maximum Gasteiger partial charge on any atom is 0.183 e. The van der Waals surface area contributed by atoms with Crippen molar-refractivity contribution >= 4 is 5.82 Å². The molecule has 3 heterocycles. The number of piperidine rings is 1. The third kappa shape index (κ3) is 2.54. The van der Waals surface area contributed by atoms with Crippen LogP contribution < -0.4 is 10.2 Å². The van der Waals surface area contributed by atoms with Crippen LogP contribution in [0.25, 0.3) is 0 Å². The van der Waals surface area contributed by atoms with E-state index in [1.54, 1.807) is 12.4 Å². The fourth-order valence-corrected chi connectivity index (χ4v) is 3.29. The molecule has 2 saturated heterocycles. The highest BCUT2D eigenvalue weighted by molar-refractivity contribution is 5.49. The van der Waals surface area contributed by atoms with Gasteiger partial charge in [0, 0.05) is 31.5 Å². The number of hydrogen-bond donors (Lipinski definition) is 1. The van der Waals surface area contributed by atoms with Crippen LogP contribution in [-0.2, 0) is 0 Å². The van der Waals surface area contributed by atoms with Gasteiger partial charge in [0.1, 0.15) is 6.07 Å². The van der Waals surface area contributed by atoms with Crippen LogP contribution in [0.4, 0.5) is 5.82 Å². The van der Waals surface area contributed by atoms with Crippen molar-refractivity contribution in [2.24, 2.45) is 5.92 Å². The summed E-state index contributed by atoms with van der Waals surface area (Å²) < 4.78 is 0. The van der Waals surface area contributed by atoms with Crippen LogP contribution in [0.2, 0.25) is 0 Å². The average molecular weight is 257 g/mol. The average Bonchev–Trinajstić information content (AvgIpc) is 3.01. The summed E-state index contributed by atoms with van der Waals surface area (Å²) in [5, 5.41) is 12.7. The number of rotatable bonds is 2. The second-order valence-electron chi connectivity index (χ2n) is 5.39. The first-order valence-electron chi connectivity index (χ1n) is 7.08. The van der Waals surface area contributed by atoms with Gasteiger partial charge in [0.25, 0.3) is 0 Å². The summed E-state index contributed by atoms with van der Waals surface area (Å²) in [6, 6.07) is 2.79. The molecule has 1 aromatic heterocycles. The number of nitrogens with zero attached hydrogens (tertiary/aromatic N) is 4. The number of nitrogens with one attached hydrogen (secondary N) is 1. The molecule has 0 radical (unpaired) electrons. The van der Waals surface area contributed by atoms with Crippen LogP contribution in [0.1, 0.15) is 31.4 Å². The Hall–Kier alpha value is -1.67. The van der Waals surface area contributed by atoms with Crippen LogP contribution in [0.3, 0.4) is 0 Å².